The number of nitrogens with zero attached hydrogens (tertiary/aromatic N) is 1. The van der Waals surface area contributed by atoms with Crippen LogP contribution in [0.1, 0.15) is 33.2 Å². The van der Waals surface area contributed by atoms with Gasteiger partial charge in [0.15, 0.2) is 0 Å². The number of hydrogen-bond donors (Lipinski definition) is 1. The predicted molar refractivity (Wildman–Crippen MR) is 106 cm³/mol. The minimum atomic E-state index is -0.653. The van der Waals surface area contributed by atoms with E-state index in [0.29, 0.717) is 12.2 Å². The first kappa shape index (κ1) is 19.3. The van der Waals surface area contributed by atoms with Crippen molar-refractivity contribution in [2.75, 3.05) is 20.3 Å². The number of carbonyl (C=O) groups excluding carboxylic acids is 2. The molecule has 27 heavy (non-hydrogen) atoms. The number of amides is 1. The highest BCUT2D eigenvalue weighted by atomic mass is 32.1. The highest BCUT2D eigenvalue weighted by molar-refractivity contribution is 7.10. The van der Waals surface area contributed by atoms with Crippen LogP contribution < -0.4 is 0 Å². The molecule has 1 saturated heterocycles. The van der Waals surface area contributed by atoms with Gasteiger partial charge >= 0.3 is 0 Å². The minimum Gasteiger partial charge on any atom is -0.507 e. The van der Waals surface area contributed by atoms with Gasteiger partial charge in [-0.2, -0.15) is 0 Å². The summed E-state index contributed by atoms with van der Waals surface area (Å²) < 4.78 is 5.11. The van der Waals surface area contributed by atoms with Crippen LogP contribution in [0.4, 0.5) is 0 Å². The molecule has 0 radical (unpaired) electrons. The summed E-state index contributed by atoms with van der Waals surface area (Å²) in [4.78, 5) is 27.9. The second kappa shape index (κ2) is 7.66. The summed E-state index contributed by atoms with van der Waals surface area (Å²) in [6.45, 7) is 6.48. The molecule has 2 aromatic rings. The Labute approximate surface area is 162 Å². The fourth-order valence-corrected chi connectivity index (χ4v) is 4.33. The summed E-state index contributed by atoms with van der Waals surface area (Å²) in [7, 11) is 1.55. The number of rotatable bonds is 5. The number of benzene rings is 1. The van der Waals surface area contributed by atoms with Gasteiger partial charge in [-0.1, -0.05) is 12.1 Å². The smallest absolute Gasteiger partial charge is 0.295 e. The van der Waals surface area contributed by atoms with Gasteiger partial charge in [0.1, 0.15) is 5.76 Å². The van der Waals surface area contributed by atoms with Crippen LogP contribution >= 0.6 is 11.3 Å². The fourth-order valence-electron chi connectivity index (χ4n) is 3.28. The zero-order valence-corrected chi connectivity index (χ0v) is 16.7. The molecule has 5 nitrogen and oxygen atoms in total. The van der Waals surface area contributed by atoms with Crippen molar-refractivity contribution in [1.29, 1.82) is 0 Å². The molecule has 1 amide bonds. The van der Waals surface area contributed by atoms with Crippen molar-refractivity contribution < 1.29 is 19.4 Å². The molecule has 0 spiro atoms. The molecule has 1 unspecified atom stereocenters. The normalized spacial score (nSPS) is 19.1. The lowest BCUT2D eigenvalue weighted by atomic mass is 9.97. The lowest BCUT2D eigenvalue weighted by Crippen LogP contribution is -2.32. The Bertz CT molecular complexity index is 928. The van der Waals surface area contributed by atoms with Crippen LogP contribution in [0.2, 0.25) is 0 Å². The average molecular weight is 385 g/mol. The number of aliphatic hydroxyl groups is 1. The van der Waals surface area contributed by atoms with Crippen LogP contribution in [-0.4, -0.2) is 42.0 Å². The molecule has 1 aromatic heterocycles. The molecule has 1 atom stereocenters. The topological polar surface area (TPSA) is 66.8 Å². The van der Waals surface area contributed by atoms with E-state index < -0.39 is 17.7 Å². The lowest BCUT2D eigenvalue weighted by molar-refractivity contribution is -0.140. The minimum absolute atomic E-state index is 0.130. The molecule has 0 saturated carbocycles. The molecule has 3 rings (SSSR count). The SMILES string of the molecule is COCCN1C(=O)C(=O)/C(=C(\O)c2ccc(C)c(C)c2)C1c1sccc1C. The number of likely N-dealkylation sites (tertiary alicyclic amines) is 1. The molecule has 6 heteroatoms. The van der Waals surface area contributed by atoms with E-state index in [2.05, 4.69) is 0 Å². The summed E-state index contributed by atoms with van der Waals surface area (Å²) in [5.74, 6) is -1.39. The maximum atomic E-state index is 12.8. The van der Waals surface area contributed by atoms with Crippen LogP contribution in [0.3, 0.4) is 0 Å². The van der Waals surface area contributed by atoms with E-state index in [1.807, 2.05) is 44.4 Å². The fraction of sp³-hybridized carbons (Fsp3) is 0.333. The van der Waals surface area contributed by atoms with Crippen molar-refractivity contribution in [2.45, 2.75) is 26.8 Å². The van der Waals surface area contributed by atoms with Gasteiger partial charge in [-0.3, -0.25) is 9.59 Å². The number of aryl methyl sites for hydroxylation is 3. The number of carbonyl (C=O) groups is 2. The van der Waals surface area contributed by atoms with Crippen molar-refractivity contribution in [3.63, 3.8) is 0 Å². The standard InChI is InChI=1S/C21H23NO4S/c1-12-5-6-15(11-14(12)3)18(23)16-17(20-13(2)7-10-27-20)22(8-9-26-4)21(25)19(16)24/h5-7,10-11,17,23H,8-9H2,1-4H3/b18-16-. The van der Waals surface area contributed by atoms with Gasteiger partial charge in [0.05, 0.1) is 18.2 Å². The zero-order chi connectivity index (χ0) is 19.7. The van der Waals surface area contributed by atoms with Crippen LogP contribution in [-0.2, 0) is 14.3 Å². The summed E-state index contributed by atoms with van der Waals surface area (Å²) in [6.07, 6.45) is 0. The van der Waals surface area contributed by atoms with Crippen molar-refractivity contribution in [1.82, 2.24) is 4.90 Å². The Morgan fingerprint density at radius 3 is 2.48 bits per heavy atom. The Hall–Kier alpha value is -2.44. The van der Waals surface area contributed by atoms with Crippen LogP contribution in [0.25, 0.3) is 5.76 Å². The molecule has 1 aromatic carbocycles. The summed E-state index contributed by atoms with van der Waals surface area (Å²) in [5, 5.41) is 12.9. The molecule has 0 bridgehead atoms. The molecule has 1 aliphatic rings. The van der Waals surface area contributed by atoms with E-state index in [4.69, 9.17) is 4.74 Å². The monoisotopic (exact) mass is 385 g/mol. The Balaban J connectivity index is 2.18. The van der Waals surface area contributed by atoms with E-state index in [9.17, 15) is 14.7 Å². The molecule has 1 aliphatic heterocycles. The maximum Gasteiger partial charge on any atom is 0.295 e. The molecule has 1 N–H and O–H groups in total. The van der Waals surface area contributed by atoms with Crippen molar-refractivity contribution >= 4 is 28.8 Å². The first-order valence-corrected chi connectivity index (χ1v) is 9.63. The summed E-state index contributed by atoms with van der Waals surface area (Å²) in [6, 6.07) is 6.87. The third-order valence-electron chi connectivity index (χ3n) is 5.01. The van der Waals surface area contributed by atoms with Crippen molar-refractivity contribution in [3.8, 4) is 0 Å². The molecular formula is C21H23NO4S. The molecular weight excluding hydrogens is 362 g/mol. The number of methoxy groups -OCH3 is 1. The third kappa shape index (κ3) is 3.42. The van der Waals surface area contributed by atoms with Gasteiger partial charge in [-0.25, -0.2) is 0 Å². The molecule has 142 valence electrons. The average Bonchev–Trinajstić information content (AvgIpc) is 3.16. The Kier molecular flexibility index (Phi) is 5.48. The van der Waals surface area contributed by atoms with E-state index >= 15 is 0 Å². The van der Waals surface area contributed by atoms with E-state index in [1.54, 1.807) is 13.2 Å². The van der Waals surface area contributed by atoms with Gasteiger partial charge in [-0.15, -0.1) is 11.3 Å². The highest BCUT2D eigenvalue weighted by Crippen LogP contribution is 2.42. The molecule has 2 heterocycles. The number of hydrogen-bond acceptors (Lipinski definition) is 5. The first-order chi connectivity index (χ1) is 12.9. The van der Waals surface area contributed by atoms with Gasteiger partial charge in [-0.05, 0) is 55.0 Å². The van der Waals surface area contributed by atoms with Gasteiger partial charge < -0.3 is 14.7 Å². The van der Waals surface area contributed by atoms with Gasteiger partial charge in [0.2, 0.25) is 0 Å². The number of ether oxygens (including phenoxy) is 1. The molecule has 0 aliphatic carbocycles. The number of thiophene rings is 1. The van der Waals surface area contributed by atoms with Crippen molar-refractivity contribution in [2.24, 2.45) is 0 Å². The second-order valence-electron chi connectivity index (χ2n) is 6.75. The van der Waals surface area contributed by atoms with E-state index in [1.165, 1.54) is 16.2 Å². The van der Waals surface area contributed by atoms with E-state index in [-0.39, 0.29) is 17.9 Å². The maximum absolute atomic E-state index is 12.8. The highest BCUT2D eigenvalue weighted by Gasteiger charge is 2.46. The quantitative estimate of drug-likeness (QED) is 0.484. The number of ketones is 1. The third-order valence-corrected chi connectivity index (χ3v) is 6.08. The molecule has 1 fully saturated rings. The number of aliphatic hydroxyl groups excluding tert-OH is 1. The largest absolute Gasteiger partial charge is 0.507 e. The zero-order valence-electron chi connectivity index (χ0n) is 15.9. The Morgan fingerprint density at radius 1 is 1.15 bits per heavy atom. The second-order valence-corrected chi connectivity index (χ2v) is 7.70. The lowest BCUT2D eigenvalue weighted by Gasteiger charge is -2.24. The summed E-state index contributed by atoms with van der Waals surface area (Å²) >= 11 is 1.48. The van der Waals surface area contributed by atoms with Crippen molar-refractivity contribution in [3.05, 3.63) is 62.3 Å². The van der Waals surface area contributed by atoms with Gasteiger partial charge in [0.25, 0.3) is 11.7 Å². The van der Waals surface area contributed by atoms with Crippen LogP contribution in [0, 0.1) is 20.8 Å². The summed E-state index contributed by atoms with van der Waals surface area (Å²) in [5.41, 5.74) is 3.78. The van der Waals surface area contributed by atoms with Crippen LogP contribution in [0.5, 0.6) is 0 Å². The number of Topliss-reactive ketones (excluding diaryl/α,β-unsaturated/α-hetero) is 1. The van der Waals surface area contributed by atoms with Crippen LogP contribution in [0.15, 0.2) is 35.2 Å². The Morgan fingerprint density at radius 2 is 1.89 bits per heavy atom. The predicted octanol–water partition coefficient (Wildman–Crippen LogP) is 3.74. The van der Waals surface area contributed by atoms with E-state index in [0.717, 1.165) is 21.6 Å². The first-order valence-electron chi connectivity index (χ1n) is 8.75. The van der Waals surface area contributed by atoms with Gasteiger partial charge in [0, 0.05) is 24.1 Å².